The van der Waals surface area contributed by atoms with Gasteiger partial charge in [-0.2, -0.15) is 0 Å². The molecule has 8 N–H and O–H groups in total. The third-order valence-electron chi connectivity index (χ3n) is 8.19. The molecule has 1 aromatic carbocycles. The number of carbonyl (C=O) groups is 3. The van der Waals surface area contributed by atoms with E-state index in [0.29, 0.717) is 29.5 Å². The Bertz CT molecular complexity index is 1410. The van der Waals surface area contributed by atoms with Gasteiger partial charge in [0.25, 0.3) is 5.91 Å². The number of Topliss-reactive ketones (excluding diaryl/α,β-unsaturated/α-hetero) is 2. The highest BCUT2D eigenvalue weighted by Crippen LogP contribution is 2.54. The third kappa shape index (κ3) is 4.60. The minimum atomic E-state index is -2.69. The van der Waals surface area contributed by atoms with Crippen molar-refractivity contribution in [3.63, 3.8) is 0 Å². The molecule has 3 aliphatic rings. The second kappa shape index (κ2) is 10.4. The van der Waals surface area contributed by atoms with Gasteiger partial charge in [-0.05, 0) is 50.4 Å². The zero-order valence-corrected chi connectivity index (χ0v) is 24.2. The SMILES string of the molecule is C=C(NCC(C)C)Nc1cc(N(C)C)c2c(c1O)C(O)=C1C(=O)C3(O)C(O)=C(C(N)=O)C(=O)C(N(C)C)C3CC1C2. The van der Waals surface area contributed by atoms with Crippen LogP contribution in [0.15, 0.2) is 35.4 Å². The first-order valence-electron chi connectivity index (χ1n) is 13.4. The lowest BCUT2D eigenvalue weighted by molar-refractivity contribution is -0.153. The van der Waals surface area contributed by atoms with Gasteiger partial charge >= 0.3 is 0 Å². The van der Waals surface area contributed by atoms with Gasteiger partial charge in [0.1, 0.15) is 22.8 Å². The van der Waals surface area contributed by atoms with Crippen molar-refractivity contribution in [3.05, 3.63) is 46.5 Å². The lowest BCUT2D eigenvalue weighted by atomic mass is 9.57. The number of aliphatic hydroxyl groups is 3. The van der Waals surface area contributed by atoms with Gasteiger partial charge in [0, 0.05) is 37.8 Å². The predicted molar refractivity (Wildman–Crippen MR) is 154 cm³/mol. The van der Waals surface area contributed by atoms with Crippen LogP contribution in [0.4, 0.5) is 11.4 Å². The van der Waals surface area contributed by atoms with Crippen molar-refractivity contribution in [1.29, 1.82) is 0 Å². The number of amides is 1. The summed E-state index contributed by atoms with van der Waals surface area (Å²) in [5.74, 6) is -6.14. The van der Waals surface area contributed by atoms with Crippen LogP contribution in [0, 0.1) is 17.8 Å². The summed E-state index contributed by atoms with van der Waals surface area (Å²) >= 11 is 0. The van der Waals surface area contributed by atoms with Gasteiger partial charge < -0.3 is 41.7 Å². The van der Waals surface area contributed by atoms with Crippen molar-refractivity contribution < 1.29 is 34.8 Å². The molecule has 4 rings (SSSR count). The van der Waals surface area contributed by atoms with E-state index >= 15 is 0 Å². The molecular weight excluding hydrogens is 530 g/mol. The number of phenols is 1. The maximum absolute atomic E-state index is 14.1. The van der Waals surface area contributed by atoms with Gasteiger partial charge in [-0.15, -0.1) is 0 Å². The van der Waals surface area contributed by atoms with E-state index in [9.17, 15) is 34.8 Å². The molecule has 222 valence electrons. The van der Waals surface area contributed by atoms with Gasteiger partial charge in [-0.3, -0.25) is 19.3 Å². The highest BCUT2D eigenvalue weighted by Gasteiger charge is 2.64. The molecule has 0 spiro atoms. The number of rotatable bonds is 8. The van der Waals surface area contributed by atoms with E-state index in [4.69, 9.17) is 5.73 Å². The average molecular weight is 570 g/mol. The largest absolute Gasteiger partial charge is 0.508 e. The van der Waals surface area contributed by atoms with Crippen LogP contribution in [-0.4, -0.2) is 89.2 Å². The number of hydrogen-bond donors (Lipinski definition) is 7. The van der Waals surface area contributed by atoms with Crippen molar-refractivity contribution in [2.45, 2.75) is 38.3 Å². The number of benzene rings is 1. The van der Waals surface area contributed by atoms with Crippen LogP contribution in [-0.2, 0) is 20.8 Å². The molecule has 0 heterocycles. The van der Waals surface area contributed by atoms with Crippen molar-refractivity contribution in [3.8, 4) is 5.75 Å². The maximum atomic E-state index is 14.1. The van der Waals surface area contributed by atoms with Crippen molar-refractivity contribution in [1.82, 2.24) is 10.2 Å². The monoisotopic (exact) mass is 569 g/mol. The topological polar surface area (TPSA) is 189 Å². The smallest absolute Gasteiger partial charge is 0.255 e. The number of ketones is 2. The van der Waals surface area contributed by atoms with Crippen LogP contribution < -0.4 is 21.3 Å². The number of nitrogens with two attached hydrogens (primary N) is 1. The first-order chi connectivity index (χ1) is 19.0. The van der Waals surface area contributed by atoms with E-state index in [0.717, 1.165) is 0 Å². The average Bonchev–Trinajstić information content (AvgIpc) is 2.85. The summed E-state index contributed by atoms with van der Waals surface area (Å²) in [4.78, 5) is 42.7. The van der Waals surface area contributed by atoms with Crippen molar-refractivity contribution in [2.24, 2.45) is 23.5 Å². The molecule has 41 heavy (non-hydrogen) atoms. The number of phenolic OH excluding ortho intramolecular Hbond substituents is 1. The summed E-state index contributed by atoms with van der Waals surface area (Å²) in [6.45, 7) is 8.64. The number of likely N-dealkylation sites (N-methyl/N-ethyl adjacent to an activating group) is 1. The predicted octanol–water partition coefficient (Wildman–Crippen LogP) is 1.16. The number of primary amides is 1. The van der Waals surface area contributed by atoms with E-state index in [-0.39, 0.29) is 35.4 Å². The molecule has 0 bridgehead atoms. The fourth-order valence-electron chi connectivity index (χ4n) is 6.32. The fraction of sp³-hybridized carbons (Fsp3) is 0.483. The summed E-state index contributed by atoms with van der Waals surface area (Å²) in [5, 5.41) is 51.8. The number of carbonyl (C=O) groups excluding carboxylic acids is 3. The van der Waals surface area contributed by atoms with Gasteiger partial charge in [0.15, 0.2) is 11.4 Å². The molecule has 4 atom stereocenters. The highest BCUT2D eigenvalue weighted by molar-refractivity contribution is 6.24. The van der Waals surface area contributed by atoms with E-state index < -0.39 is 58.0 Å². The van der Waals surface area contributed by atoms with Crippen LogP contribution in [0.2, 0.25) is 0 Å². The Morgan fingerprint density at radius 2 is 1.83 bits per heavy atom. The number of anilines is 2. The standard InChI is InChI=1S/C29H39N5O7/c1-12(2)11-31-13(3)32-17-10-18(33(4)5)15-8-14-9-16-22(34(6)7)25(37)21(28(30)40)27(39)29(16,41)26(38)19(14)24(36)20(15)23(17)35/h10,12,14,16,22,31-32,35-36,39,41H,3,8-9,11H2,1-2,4-7H3,(H2,30,40). The molecule has 1 saturated carbocycles. The molecule has 4 unspecified atom stereocenters. The van der Waals surface area contributed by atoms with E-state index in [1.165, 1.54) is 4.90 Å². The fourth-order valence-corrected chi connectivity index (χ4v) is 6.32. The van der Waals surface area contributed by atoms with Crippen molar-refractivity contribution in [2.75, 3.05) is 45.0 Å². The van der Waals surface area contributed by atoms with Crippen LogP contribution in [0.25, 0.3) is 5.76 Å². The van der Waals surface area contributed by atoms with Crippen LogP contribution in [0.3, 0.4) is 0 Å². The van der Waals surface area contributed by atoms with Gasteiger partial charge in [-0.1, -0.05) is 20.4 Å². The van der Waals surface area contributed by atoms with Gasteiger partial charge in [-0.25, -0.2) is 0 Å². The highest BCUT2D eigenvalue weighted by atomic mass is 16.3. The Kier molecular flexibility index (Phi) is 7.61. The molecule has 1 fully saturated rings. The number of hydrogen-bond acceptors (Lipinski definition) is 11. The van der Waals surface area contributed by atoms with E-state index in [1.807, 2.05) is 18.7 Å². The van der Waals surface area contributed by atoms with Crippen LogP contribution in [0.1, 0.15) is 31.4 Å². The number of aromatic hydroxyl groups is 1. The molecule has 1 amide bonds. The summed E-state index contributed by atoms with van der Waals surface area (Å²) in [6, 6.07) is 0.584. The molecule has 12 nitrogen and oxygen atoms in total. The summed E-state index contributed by atoms with van der Waals surface area (Å²) < 4.78 is 0. The number of nitrogens with zero attached hydrogens (tertiary/aromatic N) is 2. The van der Waals surface area contributed by atoms with Crippen molar-refractivity contribution >= 4 is 34.6 Å². The maximum Gasteiger partial charge on any atom is 0.255 e. The zero-order chi connectivity index (χ0) is 30.7. The van der Waals surface area contributed by atoms with Crippen LogP contribution in [0.5, 0.6) is 5.75 Å². The van der Waals surface area contributed by atoms with Crippen LogP contribution >= 0.6 is 0 Å². The quantitative estimate of drug-likeness (QED) is 0.176. The molecule has 0 aromatic heterocycles. The molecule has 3 aliphatic carbocycles. The summed E-state index contributed by atoms with van der Waals surface area (Å²) in [7, 11) is 6.74. The Labute approximate surface area is 238 Å². The van der Waals surface area contributed by atoms with Gasteiger partial charge in [0.05, 0.1) is 23.1 Å². The molecule has 0 saturated heterocycles. The number of aliphatic hydroxyl groups excluding tert-OH is 2. The molecule has 0 aliphatic heterocycles. The normalized spacial score (nSPS) is 25.6. The second-order valence-corrected chi connectivity index (χ2v) is 11.9. The molecule has 0 radical (unpaired) electrons. The third-order valence-corrected chi connectivity index (χ3v) is 8.19. The van der Waals surface area contributed by atoms with E-state index in [1.54, 1.807) is 34.3 Å². The Hall–Kier alpha value is -4.03. The minimum absolute atomic E-state index is 0.00616. The zero-order valence-electron chi connectivity index (χ0n) is 24.2. The molecular formula is C29H39N5O7. The van der Waals surface area contributed by atoms with E-state index in [2.05, 4.69) is 17.2 Å². The van der Waals surface area contributed by atoms with Gasteiger partial charge in [0.2, 0.25) is 5.78 Å². The number of fused-ring (bicyclic) bond motifs is 3. The Morgan fingerprint density at radius 1 is 1.20 bits per heavy atom. The molecule has 12 heteroatoms. The number of nitrogens with one attached hydrogen (secondary N) is 2. The summed E-state index contributed by atoms with van der Waals surface area (Å²) in [6.07, 6.45) is 0.220. The second-order valence-electron chi connectivity index (χ2n) is 11.9. The molecule has 1 aromatic rings. The Balaban J connectivity index is 1.91. The first-order valence-corrected chi connectivity index (χ1v) is 13.4. The lowest BCUT2D eigenvalue weighted by Gasteiger charge is -2.50. The minimum Gasteiger partial charge on any atom is -0.508 e. The lowest BCUT2D eigenvalue weighted by Crippen LogP contribution is -2.65. The summed E-state index contributed by atoms with van der Waals surface area (Å²) in [5.41, 5.74) is 3.12. The Morgan fingerprint density at radius 3 is 2.37 bits per heavy atom. The first kappa shape index (κ1) is 29.9.